The molecule has 5 nitrogen and oxygen atoms in total. The molecule has 0 fully saturated rings. The van der Waals surface area contributed by atoms with Gasteiger partial charge in [0.15, 0.2) is 0 Å². The number of hydrogen-bond acceptors (Lipinski definition) is 3. The third kappa shape index (κ3) is 5.09. The molecule has 0 saturated carbocycles. The van der Waals surface area contributed by atoms with Crippen LogP contribution in [0.1, 0.15) is 29.3 Å². The molecule has 1 amide bonds. The molecular formula is C14H19NO4. The first-order chi connectivity index (χ1) is 9.06. The first-order valence-electron chi connectivity index (χ1n) is 6.17. The zero-order valence-corrected chi connectivity index (χ0v) is 11.2. The summed E-state index contributed by atoms with van der Waals surface area (Å²) in [6, 6.07) is 6.38. The Morgan fingerprint density at radius 2 is 2.16 bits per heavy atom. The van der Waals surface area contributed by atoms with Crippen molar-refractivity contribution < 1.29 is 19.4 Å². The highest BCUT2D eigenvalue weighted by Gasteiger charge is 2.11. The standard InChI is InChI=1S/C14H19NO4/c1-3-12(9-19-2)15-13(16)8-10-5-4-6-11(7-10)14(17)18/h4-7,12H,3,8-9H2,1-2H3,(H,15,16)(H,17,18). The van der Waals surface area contributed by atoms with Crippen LogP contribution in [-0.2, 0) is 16.0 Å². The van der Waals surface area contributed by atoms with Gasteiger partial charge < -0.3 is 15.2 Å². The number of aromatic carboxylic acids is 1. The summed E-state index contributed by atoms with van der Waals surface area (Å²) < 4.78 is 5.00. The van der Waals surface area contributed by atoms with Crippen molar-refractivity contribution >= 4 is 11.9 Å². The number of carboxylic acid groups (broad SMARTS) is 1. The van der Waals surface area contributed by atoms with Crippen LogP contribution in [0.4, 0.5) is 0 Å². The molecule has 0 heterocycles. The first kappa shape index (κ1) is 15.2. The Labute approximate surface area is 112 Å². The van der Waals surface area contributed by atoms with Crippen LogP contribution in [0.3, 0.4) is 0 Å². The number of ether oxygens (including phenoxy) is 1. The van der Waals surface area contributed by atoms with Gasteiger partial charge in [-0.2, -0.15) is 0 Å². The minimum Gasteiger partial charge on any atom is -0.478 e. The third-order valence-corrected chi connectivity index (χ3v) is 2.76. The Morgan fingerprint density at radius 3 is 2.74 bits per heavy atom. The number of methoxy groups -OCH3 is 1. The summed E-state index contributed by atoms with van der Waals surface area (Å²) in [5.41, 5.74) is 0.874. The fourth-order valence-corrected chi connectivity index (χ4v) is 1.74. The summed E-state index contributed by atoms with van der Waals surface area (Å²) in [6.45, 7) is 2.44. The van der Waals surface area contributed by atoms with Crippen LogP contribution in [0.2, 0.25) is 0 Å². The molecule has 1 rings (SSSR count). The Kier molecular flexibility index (Phi) is 6.02. The Bertz CT molecular complexity index is 445. The van der Waals surface area contributed by atoms with Gasteiger partial charge in [-0.25, -0.2) is 4.79 Å². The number of benzene rings is 1. The van der Waals surface area contributed by atoms with Crippen LogP contribution in [0, 0.1) is 0 Å². The zero-order chi connectivity index (χ0) is 14.3. The van der Waals surface area contributed by atoms with Gasteiger partial charge in [0.1, 0.15) is 0 Å². The number of amides is 1. The van der Waals surface area contributed by atoms with E-state index in [1.54, 1.807) is 19.2 Å². The summed E-state index contributed by atoms with van der Waals surface area (Å²) in [5.74, 6) is -1.13. The molecule has 0 aliphatic rings. The third-order valence-electron chi connectivity index (χ3n) is 2.76. The lowest BCUT2D eigenvalue weighted by Gasteiger charge is -2.15. The maximum Gasteiger partial charge on any atom is 0.335 e. The van der Waals surface area contributed by atoms with Gasteiger partial charge in [0, 0.05) is 7.11 Å². The minimum absolute atomic E-state index is 0.0137. The summed E-state index contributed by atoms with van der Waals surface area (Å²) in [6.07, 6.45) is 0.954. The largest absolute Gasteiger partial charge is 0.478 e. The summed E-state index contributed by atoms with van der Waals surface area (Å²) in [4.78, 5) is 22.7. The van der Waals surface area contributed by atoms with E-state index >= 15 is 0 Å². The molecule has 1 atom stereocenters. The number of carboxylic acids is 1. The van der Waals surface area contributed by atoms with Crippen LogP contribution in [0.15, 0.2) is 24.3 Å². The van der Waals surface area contributed by atoms with E-state index in [0.717, 1.165) is 6.42 Å². The molecule has 0 aliphatic carbocycles. The molecule has 0 radical (unpaired) electrons. The number of carbonyl (C=O) groups is 2. The molecule has 2 N–H and O–H groups in total. The number of rotatable bonds is 7. The van der Waals surface area contributed by atoms with Gasteiger partial charge in [0.2, 0.25) is 5.91 Å². The average Bonchev–Trinajstić information content (AvgIpc) is 2.38. The summed E-state index contributed by atoms with van der Waals surface area (Å²) >= 11 is 0. The van der Waals surface area contributed by atoms with Crippen molar-refractivity contribution in [2.75, 3.05) is 13.7 Å². The topological polar surface area (TPSA) is 75.6 Å². The van der Waals surface area contributed by atoms with Crippen LogP contribution in [0.5, 0.6) is 0 Å². The second kappa shape index (κ2) is 7.53. The van der Waals surface area contributed by atoms with Gasteiger partial charge in [0.25, 0.3) is 0 Å². The van der Waals surface area contributed by atoms with Crippen LogP contribution >= 0.6 is 0 Å². The van der Waals surface area contributed by atoms with E-state index in [0.29, 0.717) is 12.2 Å². The summed E-state index contributed by atoms with van der Waals surface area (Å²) in [7, 11) is 1.59. The number of hydrogen-bond donors (Lipinski definition) is 2. The van der Waals surface area contributed by atoms with Gasteiger partial charge in [-0.05, 0) is 24.1 Å². The second-order valence-electron chi connectivity index (χ2n) is 4.31. The Balaban J connectivity index is 2.61. The lowest BCUT2D eigenvalue weighted by molar-refractivity contribution is -0.121. The van der Waals surface area contributed by atoms with E-state index in [9.17, 15) is 9.59 Å². The molecule has 1 aromatic carbocycles. The molecule has 0 saturated heterocycles. The molecule has 0 aliphatic heterocycles. The molecular weight excluding hydrogens is 246 g/mol. The zero-order valence-electron chi connectivity index (χ0n) is 11.2. The molecule has 1 aromatic rings. The average molecular weight is 265 g/mol. The van der Waals surface area contributed by atoms with Gasteiger partial charge in [0.05, 0.1) is 24.6 Å². The summed E-state index contributed by atoms with van der Waals surface area (Å²) in [5, 5.41) is 11.7. The number of carbonyl (C=O) groups excluding carboxylic acids is 1. The highest BCUT2D eigenvalue weighted by molar-refractivity contribution is 5.88. The molecule has 104 valence electrons. The van der Waals surface area contributed by atoms with Crippen molar-refractivity contribution in [2.24, 2.45) is 0 Å². The van der Waals surface area contributed by atoms with E-state index in [1.807, 2.05) is 6.92 Å². The minimum atomic E-state index is -0.993. The molecule has 0 bridgehead atoms. The predicted molar refractivity (Wildman–Crippen MR) is 71.2 cm³/mol. The first-order valence-corrected chi connectivity index (χ1v) is 6.17. The normalized spacial score (nSPS) is 11.9. The van der Waals surface area contributed by atoms with Gasteiger partial charge in [-0.1, -0.05) is 19.1 Å². The molecule has 0 spiro atoms. The van der Waals surface area contributed by atoms with Crippen LogP contribution in [0.25, 0.3) is 0 Å². The van der Waals surface area contributed by atoms with Crippen molar-refractivity contribution in [1.29, 1.82) is 0 Å². The van der Waals surface area contributed by atoms with Gasteiger partial charge in [-0.3, -0.25) is 4.79 Å². The predicted octanol–water partition coefficient (Wildman–Crippen LogP) is 1.47. The van der Waals surface area contributed by atoms with Crippen LogP contribution < -0.4 is 5.32 Å². The maximum absolute atomic E-state index is 11.8. The molecule has 0 aromatic heterocycles. The van der Waals surface area contributed by atoms with Crippen molar-refractivity contribution in [3.05, 3.63) is 35.4 Å². The van der Waals surface area contributed by atoms with E-state index in [2.05, 4.69) is 5.32 Å². The van der Waals surface area contributed by atoms with Gasteiger partial charge >= 0.3 is 5.97 Å². The lowest BCUT2D eigenvalue weighted by atomic mass is 10.1. The second-order valence-corrected chi connectivity index (χ2v) is 4.31. The van der Waals surface area contributed by atoms with Gasteiger partial charge in [-0.15, -0.1) is 0 Å². The Hall–Kier alpha value is -1.88. The fourth-order valence-electron chi connectivity index (χ4n) is 1.74. The van der Waals surface area contributed by atoms with E-state index in [4.69, 9.17) is 9.84 Å². The smallest absolute Gasteiger partial charge is 0.335 e. The van der Waals surface area contributed by atoms with Crippen molar-refractivity contribution in [3.8, 4) is 0 Å². The highest BCUT2D eigenvalue weighted by Crippen LogP contribution is 2.06. The number of nitrogens with one attached hydrogen (secondary N) is 1. The highest BCUT2D eigenvalue weighted by atomic mass is 16.5. The van der Waals surface area contributed by atoms with Crippen molar-refractivity contribution in [2.45, 2.75) is 25.8 Å². The Morgan fingerprint density at radius 1 is 1.42 bits per heavy atom. The van der Waals surface area contributed by atoms with Crippen molar-refractivity contribution in [1.82, 2.24) is 5.32 Å². The SMILES string of the molecule is CCC(COC)NC(=O)Cc1cccc(C(=O)O)c1. The van der Waals surface area contributed by atoms with Crippen LogP contribution in [-0.4, -0.2) is 36.7 Å². The quantitative estimate of drug-likeness (QED) is 0.782. The molecule has 5 heteroatoms. The van der Waals surface area contributed by atoms with Crippen molar-refractivity contribution in [3.63, 3.8) is 0 Å². The monoisotopic (exact) mass is 265 g/mol. The molecule has 19 heavy (non-hydrogen) atoms. The maximum atomic E-state index is 11.8. The van der Waals surface area contributed by atoms with E-state index in [-0.39, 0.29) is 23.9 Å². The fraction of sp³-hybridized carbons (Fsp3) is 0.429. The lowest BCUT2D eigenvalue weighted by Crippen LogP contribution is -2.38. The van der Waals surface area contributed by atoms with E-state index < -0.39 is 5.97 Å². The molecule has 1 unspecified atom stereocenters. The van der Waals surface area contributed by atoms with E-state index in [1.165, 1.54) is 12.1 Å².